The number of benzene rings is 1. The lowest BCUT2D eigenvalue weighted by Crippen LogP contribution is -2.43. The van der Waals surface area contributed by atoms with E-state index in [-0.39, 0.29) is 19.4 Å². The fourth-order valence-corrected chi connectivity index (χ4v) is 3.82. The molecule has 9 heteroatoms. The Kier molecular flexibility index (Phi) is 5.61. The number of carbonyl (C=O) groups is 2. The molecular formula is C14H15FINO5S. The zero-order chi connectivity index (χ0) is 17.2. The van der Waals surface area contributed by atoms with Crippen LogP contribution in [0, 0.1) is 9.49 Å². The van der Waals surface area contributed by atoms with Gasteiger partial charge in [-0.05, 0) is 40.3 Å². The molecule has 0 spiro atoms. The van der Waals surface area contributed by atoms with Crippen molar-refractivity contribution in [1.82, 2.24) is 4.90 Å². The Balaban J connectivity index is 2.13. The van der Waals surface area contributed by atoms with Crippen molar-refractivity contribution in [2.45, 2.75) is 18.9 Å². The van der Waals surface area contributed by atoms with E-state index >= 15 is 0 Å². The summed E-state index contributed by atoms with van der Waals surface area (Å²) in [5.41, 5.74) is 0.757. The zero-order valence-corrected chi connectivity index (χ0v) is 15.0. The lowest BCUT2D eigenvalue weighted by Gasteiger charge is -2.24. The normalized spacial score (nSPS) is 19.8. The number of nitrogens with zero attached hydrogens (tertiary/aromatic N) is 1. The summed E-state index contributed by atoms with van der Waals surface area (Å²) in [6, 6.07) is 6.14. The Labute approximate surface area is 147 Å². The van der Waals surface area contributed by atoms with Crippen molar-refractivity contribution in [2.24, 2.45) is 5.92 Å². The van der Waals surface area contributed by atoms with Crippen LogP contribution in [-0.4, -0.2) is 48.6 Å². The van der Waals surface area contributed by atoms with Gasteiger partial charge in [-0.1, -0.05) is 12.1 Å². The molecule has 1 aliphatic heterocycles. The van der Waals surface area contributed by atoms with Crippen molar-refractivity contribution >= 4 is 44.7 Å². The monoisotopic (exact) mass is 455 g/mol. The predicted molar refractivity (Wildman–Crippen MR) is 89.0 cm³/mol. The van der Waals surface area contributed by atoms with Gasteiger partial charge in [0.25, 0.3) is 0 Å². The summed E-state index contributed by atoms with van der Waals surface area (Å²) in [6.45, 7) is -0.0662. The van der Waals surface area contributed by atoms with Crippen molar-refractivity contribution in [2.75, 3.05) is 12.3 Å². The predicted octanol–water partition coefficient (Wildman–Crippen LogP) is 1.43. The quantitative estimate of drug-likeness (QED) is 0.518. The van der Waals surface area contributed by atoms with Gasteiger partial charge in [0.05, 0.1) is 5.75 Å². The van der Waals surface area contributed by atoms with Gasteiger partial charge in [-0.15, -0.1) is 3.89 Å². The molecule has 2 atom stereocenters. The molecule has 2 unspecified atom stereocenters. The lowest BCUT2D eigenvalue weighted by molar-refractivity contribution is -0.148. The summed E-state index contributed by atoms with van der Waals surface area (Å²) in [7, 11) is -4.69. The second-order valence-corrected chi connectivity index (χ2v) is 8.16. The van der Waals surface area contributed by atoms with E-state index in [2.05, 4.69) is 22.6 Å². The highest BCUT2D eigenvalue weighted by atomic mass is 127. The van der Waals surface area contributed by atoms with Gasteiger partial charge in [0.15, 0.2) is 0 Å². The van der Waals surface area contributed by atoms with E-state index in [1.807, 2.05) is 12.1 Å². The molecule has 1 aromatic carbocycles. The molecule has 1 saturated heterocycles. The highest BCUT2D eigenvalue weighted by molar-refractivity contribution is 14.1. The first-order chi connectivity index (χ1) is 10.7. The molecule has 1 N–H and O–H groups in total. The Bertz CT molecular complexity index is 706. The maximum atomic E-state index is 12.8. The summed E-state index contributed by atoms with van der Waals surface area (Å²) in [5.74, 6) is -3.10. The molecule has 0 radical (unpaired) electrons. The number of carboxylic acid groups (broad SMARTS) is 1. The summed E-state index contributed by atoms with van der Waals surface area (Å²) in [5, 5.41) is 9.40. The molecular weight excluding hydrogens is 440 g/mol. The number of rotatable bonds is 6. The van der Waals surface area contributed by atoms with E-state index in [0.29, 0.717) is 0 Å². The molecule has 1 fully saturated rings. The maximum Gasteiger partial charge on any atom is 0.326 e. The SMILES string of the molecule is O=C(O)C(Cc1ccc(I)cc1)N1CC(CS(=O)(=O)F)CC1=O. The summed E-state index contributed by atoms with van der Waals surface area (Å²) >= 11 is 2.13. The fourth-order valence-electron chi connectivity index (χ4n) is 2.68. The van der Waals surface area contributed by atoms with Gasteiger partial charge in [0, 0.05) is 28.9 Å². The number of likely N-dealkylation sites (tertiary alicyclic amines) is 1. The highest BCUT2D eigenvalue weighted by Gasteiger charge is 2.39. The van der Waals surface area contributed by atoms with E-state index in [4.69, 9.17) is 0 Å². The van der Waals surface area contributed by atoms with Crippen LogP contribution in [0.1, 0.15) is 12.0 Å². The largest absolute Gasteiger partial charge is 0.480 e. The second-order valence-electron chi connectivity index (χ2n) is 5.51. The van der Waals surface area contributed by atoms with Crippen LogP contribution in [0.3, 0.4) is 0 Å². The first kappa shape index (κ1) is 18.1. The minimum absolute atomic E-state index is 0.0662. The summed E-state index contributed by atoms with van der Waals surface area (Å²) in [6.07, 6.45) is -0.0350. The summed E-state index contributed by atoms with van der Waals surface area (Å²) in [4.78, 5) is 24.6. The van der Waals surface area contributed by atoms with Crippen molar-refractivity contribution in [3.8, 4) is 0 Å². The molecule has 1 aliphatic rings. The van der Waals surface area contributed by atoms with E-state index < -0.39 is 39.8 Å². The van der Waals surface area contributed by atoms with Gasteiger partial charge < -0.3 is 10.0 Å². The topological polar surface area (TPSA) is 91.8 Å². The van der Waals surface area contributed by atoms with E-state index in [1.54, 1.807) is 12.1 Å². The number of hydrogen-bond acceptors (Lipinski definition) is 4. The molecule has 23 heavy (non-hydrogen) atoms. The van der Waals surface area contributed by atoms with Gasteiger partial charge in [-0.25, -0.2) is 4.79 Å². The minimum atomic E-state index is -4.69. The molecule has 0 bridgehead atoms. The second kappa shape index (κ2) is 7.12. The first-order valence-corrected chi connectivity index (χ1v) is 9.48. The van der Waals surface area contributed by atoms with E-state index in [9.17, 15) is 27.0 Å². The van der Waals surface area contributed by atoms with Crippen LogP contribution in [0.2, 0.25) is 0 Å². The number of halogens is 2. The van der Waals surface area contributed by atoms with Gasteiger partial charge in [0.2, 0.25) is 5.91 Å². The third kappa shape index (κ3) is 5.13. The smallest absolute Gasteiger partial charge is 0.326 e. The van der Waals surface area contributed by atoms with Crippen LogP contribution in [-0.2, 0) is 26.2 Å². The molecule has 1 amide bonds. The number of amides is 1. The third-order valence-electron chi connectivity index (χ3n) is 3.68. The van der Waals surface area contributed by atoms with Crippen LogP contribution in [0.25, 0.3) is 0 Å². The van der Waals surface area contributed by atoms with Crippen LogP contribution < -0.4 is 0 Å². The molecule has 1 heterocycles. The first-order valence-electron chi connectivity index (χ1n) is 6.85. The number of carbonyl (C=O) groups excluding carboxylic acids is 1. The standard InChI is InChI=1S/C14H15FINO5S/c15-23(21,22)8-10-6-13(18)17(7-10)12(14(19)20)5-9-1-3-11(16)4-2-9/h1-4,10,12H,5-8H2,(H,19,20). The van der Waals surface area contributed by atoms with Crippen LogP contribution in [0.5, 0.6) is 0 Å². The molecule has 126 valence electrons. The Morgan fingerprint density at radius 1 is 1.39 bits per heavy atom. The third-order valence-corrected chi connectivity index (χ3v) is 5.27. The molecule has 0 aliphatic carbocycles. The van der Waals surface area contributed by atoms with E-state index in [1.165, 1.54) is 0 Å². The Hall–Kier alpha value is -1.23. The summed E-state index contributed by atoms with van der Waals surface area (Å²) < 4.78 is 35.2. The number of carboxylic acids is 1. The van der Waals surface area contributed by atoms with Crippen LogP contribution >= 0.6 is 22.6 Å². The maximum absolute atomic E-state index is 12.8. The number of hydrogen-bond donors (Lipinski definition) is 1. The Morgan fingerprint density at radius 3 is 2.52 bits per heavy atom. The molecule has 6 nitrogen and oxygen atoms in total. The van der Waals surface area contributed by atoms with Crippen LogP contribution in [0.15, 0.2) is 24.3 Å². The highest BCUT2D eigenvalue weighted by Crippen LogP contribution is 2.24. The molecule has 2 rings (SSSR count). The fraction of sp³-hybridized carbons (Fsp3) is 0.429. The lowest BCUT2D eigenvalue weighted by atomic mass is 10.0. The minimum Gasteiger partial charge on any atom is -0.480 e. The average Bonchev–Trinajstić information content (AvgIpc) is 2.76. The molecule has 1 aromatic rings. The molecule has 0 saturated carbocycles. The van der Waals surface area contributed by atoms with Gasteiger partial charge in [-0.2, -0.15) is 8.42 Å². The van der Waals surface area contributed by atoms with Crippen molar-refractivity contribution in [3.05, 3.63) is 33.4 Å². The molecule has 0 aromatic heterocycles. The van der Waals surface area contributed by atoms with Gasteiger partial charge in [-0.3, -0.25) is 4.79 Å². The Morgan fingerprint density at radius 2 is 2.00 bits per heavy atom. The zero-order valence-electron chi connectivity index (χ0n) is 12.0. The van der Waals surface area contributed by atoms with Crippen molar-refractivity contribution < 1.29 is 27.0 Å². The average molecular weight is 455 g/mol. The van der Waals surface area contributed by atoms with E-state index in [0.717, 1.165) is 14.0 Å². The van der Waals surface area contributed by atoms with Crippen molar-refractivity contribution in [3.63, 3.8) is 0 Å². The number of aliphatic carboxylic acids is 1. The van der Waals surface area contributed by atoms with Crippen molar-refractivity contribution in [1.29, 1.82) is 0 Å². The van der Waals surface area contributed by atoms with Crippen LogP contribution in [0.4, 0.5) is 3.89 Å². The van der Waals surface area contributed by atoms with Gasteiger partial charge in [0.1, 0.15) is 6.04 Å². The van der Waals surface area contributed by atoms with Gasteiger partial charge >= 0.3 is 16.2 Å².